The number of nitrogens with zero attached hydrogens (tertiary/aromatic N) is 2. The Bertz CT molecular complexity index is 829. The number of carbonyl (C=O) groups excluding carboxylic acids is 2. The van der Waals surface area contributed by atoms with Gasteiger partial charge in [0.25, 0.3) is 0 Å². The molecule has 1 heterocycles. The summed E-state index contributed by atoms with van der Waals surface area (Å²) in [6.45, 7) is 6.23. The van der Waals surface area contributed by atoms with Crippen LogP contribution in [0.2, 0.25) is 0 Å². The van der Waals surface area contributed by atoms with Crippen molar-refractivity contribution in [3.63, 3.8) is 0 Å². The molecule has 1 saturated heterocycles. The number of nitrogens with two attached hydrogens (primary N) is 1. The third-order valence-electron chi connectivity index (χ3n) is 5.55. The van der Waals surface area contributed by atoms with Crippen molar-refractivity contribution in [2.45, 2.75) is 39.2 Å². The molecule has 3 N–H and O–H groups in total. The number of benzene rings is 1. The number of rotatable bonds is 10. The lowest BCUT2D eigenvalue weighted by Crippen LogP contribution is -2.49. The van der Waals surface area contributed by atoms with Crippen LogP contribution in [0, 0.1) is 11.8 Å². The van der Waals surface area contributed by atoms with Crippen LogP contribution in [0.1, 0.15) is 32.3 Å². The van der Waals surface area contributed by atoms with Crippen LogP contribution in [-0.2, 0) is 26.0 Å². The summed E-state index contributed by atoms with van der Waals surface area (Å²) >= 11 is 0. The second kappa shape index (κ2) is 11.6. The van der Waals surface area contributed by atoms with Gasteiger partial charge in [0.1, 0.15) is 6.04 Å². The highest BCUT2D eigenvalue weighted by Gasteiger charge is 2.32. The van der Waals surface area contributed by atoms with Gasteiger partial charge in [0.05, 0.1) is 11.7 Å². The molecule has 1 unspecified atom stereocenters. The van der Waals surface area contributed by atoms with Gasteiger partial charge in [0, 0.05) is 19.6 Å². The molecule has 0 saturated carbocycles. The molecule has 2 rings (SSSR count). The van der Waals surface area contributed by atoms with Gasteiger partial charge in [-0.15, -0.1) is 0 Å². The van der Waals surface area contributed by atoms with E-state index in [1.165, 1.54) is 4.31 Å². The average Bonchev–Trinajstić information content (AvgIpc) is 2.92. The molecule has 0 radical (unpaired) electrons. The van der Waals surface area contributed by atoms with Gasteiger partial charge >= 0.3 is 0 Å². The molecule has 0 aliphatic carbocycles. The Labute approximate surface area is 186 Å². The van der Waals surface area contributed by atoms with Crippen molar-refractivity contribution in [1.29, 1.82) is 0 Å². The minimum absolute atomic E-state index is 0.156. The molecular formula is C22H36N4O4S. The summed E-state index contributed by atoms with van der Waals surface area (Å²) in [5.74, 6) is -2.03. The maximum absolute atomic E-state index is 13.2. The molecule has 2 atom stereocenters. The summed E-state index contributed by atoms with van der Waals surface area (Å²) in [7, 11) is -1.67. The highest BCUT2D eigenvalue weighted by Crippen LogP contribution is 2.17. The summed E-state index contributed by atoms with van der Waals surface area (Å²) in [5.41, 5.74) is 6.34. The SMILES string of the molecule is CC(C)C[C@H](NC(=O)C(Cc1ccccc1)CS(=O)(=O)N1CCCN(C)CC1)C(N)=O. The molecule has 0 spiro atoms. The Morgan fingerprint density at radius 3 is 2.39 bits per heavy atom. The Morgan fingerprint density at radius 2 is 1.77 bits per heavy atom. The van der Waals surface area contributed by atoms with Crippen molar-refractivity contribution >= 4 is 21.8 Å². The monoisotopic (exact) mass is 452 g/mol. The second-order valence-corrected chi connectivity index (χ2v) is 10.8. The van der Waals surface area contributed by atoms with E-state index in [0.29, 0.717) is 26.1 Å². The summed E-state index contributed by atoms with van der Waals surface area (Å²) in [6.07, 6.45) is 1.43. The summed E-state index contributed by atoms with van der Waals surface area (Å²) in [4.78, 5) is 27.0. The average molecular weight is 453 g/mol. The number of nitrogens with one attached hydrogen (secondary N) is 1. The maximum atomic E-state index is 13.2. The zero-order valence-electron chi connectivity index (χ0n) is 18.8. The molecule has 9 heteroatoms. The lowest BCUT2D eigenvalue weighted by molar-refractivity contribution is -0.129. The molecular weight excluding hydrogens is 416 g/mol. The van der Waals surface area contributed by atoms with Crippen molar-refractivity contribution in [2.24, 2.45) is 17.6 Å². The quantitative estimate of drug-likeness (QED) is 0.546. The van der Waals surface area contributed by atoms with E-state index >= 15 is 0 Å². The topological polar surface area (TPSA) is 113 Å². The third kappa shape index (κ3) is 8.23. The third-order valence-corrected chi connectivity index (χ3v) is 7.52. The van der Waals surface area contributed by atoms with E-state index in [1.807, 2.05) is 51.2 Å². The number of amides is 2. The molecule has 1 aliphatic heterocycles. The van der Waals surface area contributed by atoms with Crippen molar-refractivity contribution < 1.29 is 18.0 Å². The molecule has 1 aromatic rings. The summed E-state index contributed by atoms with van der Waals surface area (Å²) in [6, 6.07) is 8.50. The first-order chi connectivity index (χ1) is 14.6. The minimum atomic E-state index is -3.64. The van der Waals surface area contributed by atoms with E-state index in [-0.39, 0.29) is 18.1 Å². The van der Waals surface area contributed by atoms with Gasteiger partial charge in [-0.1, -0.05) is 44.2 Å². The van der Waals surface area contributed by atoms with Gasteiger partial charge < -0.3 is 16.0 Å². The van der Waals surface area contributed by atoms with Gasteiger partial charge in [-0.2, -0.15) is 0 Å². The van der Waals surface area contributed by atoms with E-state index in [2.05, 4.69) is 10.2 Å². The Hall–Kier alpha value is -1.97. The molecule has 8 nitrogen and oxygen atoms in total. The molecule has 174 valence electrons. The van der Waals surface area contributed by atoms with Crippen LogP contribution < -0.4 is 11.1 Å². The number of carbonyl (C=O) groups is 2. The number of sulfonamides is 1. The number of likely N-dealkylation sites (N-methyl/N-ethyl adjacent to an activating group) is 1. The van der Waals surface area contributed by atoms with Crippen molar-refractivity contribution in [3.05, 3.63) is 35.9 Å². The minimum Gasteiger partial charge on any atom is -0.368 e. The Balaban J connectivity index is 2.21. The lowest BCUT2D eigenvalue weighted by Gasteiger charge is -2.25. The fourth-order valence-electron chi connectivity index (χ4n) is 3.79. The van der Waals surface area contributed by atoms with Crippen molar-refractivity contribution in [2.75, 3.05) is 39.0 Å². The van der Waals surface area contributed by atoms with Crippen LogP contribution in [0.5, 0.6) is 0 Å². The van der Waals surface area contributed by atoms with E-state index in [0.717, 1.165) is 18.5 Å². The normalized spacial score (nSPS) is 18.3. The standard InChI is InChI=1S/C22H36N4O4S/c1-17(2)14-20(21(23)27)24-22(28)19(15-18-8-5-4-6-9-18)16-31(29,30)26-11-7-10-25(3)12-13-26/h4-6,8-9,17,19-20H,7,10-16H2,1-3H3,(H2,23,27)(H,24,28)/t19?,20-/m0/s1. The van der Waals surface area contributed by atoms with E-state index in [9.17, 15) is 18.0 Å². The van der Waals surface area contributed by atoms with Crippen molar-refractivity contribution in [3.8, 4) is 0 Å². The Morgan fingerprint density at radius 1 is 1.10 bits per heavy atom. The molecule has 31 heavy (non-hydrogen) atoms. The van der Waals surface area contributed by atoms with Crippen LogP contribution in [0.15, 0.2) is 30.3 Å². The van der Waals surface area contributed by atoms with Gasteiger partial charge in [0.2, 0.25) is 21.8 Å². The highest BCUT2D eigenvalue weighted by atomic mass is 32.2. The van der Waals surface area contributed by atoms with Gasteiger partial charge in [-0.3, -0.25) is 9.59 Å². The van der Waals surface area contributed by atoms with Gasteiger partial charge in [0.15, 0.2) is 0 Å². The molecule has 0 aromatic heterocycles. The first-order valence-corrected chi connectivity index (χ1v) is 12.5. The lowest BCUT2D eigenvalue weighted by atomic mass is 9.98. The van der Waals surface area contributed by atoms with E-state index in [4.69, 9.17) is 5.73 Å². The fraction of sp³-hybridized carbons (Fsp3) is 0.636. The number of hydrogen-bond donors (Lipinski definition) is 2. The summed E-state index contributed by atoms with van der Waals surface area (Å²) in [5, 5.41) is 2.71. The Kier molecular flexibility index (Phi) is 9.46. The molecule has 2 amide bonds. The second-order valence-electron chi connectivity index (χ2n) is 8.81. The molecule has 0 bridgehead atoms. The predicted molar refractivity (Wildman–Crippen MR) is 122 cm³/mol. The predicted octanol–water partition coefficient (Wildman–Crippen LogP) is 0.829. The zero-order chi connectivity index (χ0) is 23.0. The van der Waals surface area contributed by atoms with Gasteiger partial charge in [-0.25, -0.2) is 12.7 Å². The highest BCUT2D eigenvalue weighted by molar-refractivity contribution is 7.89. The molecule has 1 fully saturated rings. The first kappa shape index (κ1) is 25.3. The van der Waals surface area contributed by atoms with Crippen LogP contribution in [0.25, 0.3) is 0 Å². The van der Waals surface area contributed by atoms with Crippen LogP contribution in [0.3, 0.4) is 0 Å². The van der Waals surface area contributed by atoms with E-state index in [1.54, 1.807) is 0 Å². The molecule has 1 aromatic carbocycles. The first-order valence-electron chi connectivity index (χ1n) is 10.9. The number of primary amides is 1. The largest absolute Gasteiger partial charge is 0.368 e. The van der Waals surface area contributed by atoms with Crippen LogP contribution in [-0.4, -0.2) is 74.5 Å². The van der Waals surface area contributed by atoms with Crippen molar-refractivity contribution in [1.82, 2.24) is 14.5 Å². The molecule has 1 aliphatic rings. The maximum Gasteiger partial charge on any atom is 0.240 e. The van der Waals surface area contributed by atoms with E-state index < -0.39 is 33.8 Å². The summed E-state index contributed by atoms with van der Waals surface area (Å²) < 4.78 is 27.9. The number of hydrogen-bond acceptors (Lipinski definition) is 5. The smallest absolute Gasteiger partial charge is 0.240 e. The van der Waals surface area contributed by atoms with Crippen LogP contribution >= 0.6 is 0 Å². The van der Waals surface area contributed by atoms with Gasteiger partial charge in [-0.05, 0) is 44.3 Å². The zero-order valence-corrected chi connectivity index (χ0v) is 19.6. The van der Waals surface area contributed by atoms with Crippen LogP contribution in [0.4, 0.5) is 0 Å². The fourth-order valence-corrected chi connectivity index (χ4v) is 5.55.